The van der Waals surface area contributed by atoms with Crippen LogP contribution in [0, 0.1) is 23.7 Å². The fourth-order valence-corrected chi connectivity index (χ4v) is 2.49. The molecule has 0 radical (unpaired) electrons. The molecule has 0 atom stereocenters. The lowest BCUT2D eigenvalue weighted by molar-refractivity contribution is -0.903. The van der Waals surface area contributed by atoms with Crippen LogP contribution in [0.2, 0.25) is 0 Å². The number of aliphatic hydroxyl groups is 1. The predicted octanol–water partition coefficient (Wildman–Crippen LogP) is -1.35. The minimum Gasteiger partial charge on any atom is -1.00 e. The molecule has 1 fully saturated rings. The Morgan fingerprint density at radius 1 is 0.950 bits per heavy atom. The maximum atomic E-state index is 8.74. The Kier molecular flexibility index (Phi) is 7.41. The Bertz CT molecular complexity index is 513. The molecular weight excluding hydrogens is 314 g/mol. The topological polar surface area (TPSA) is 20.2 Å². The smallest absolute Gasteiger partial charge is 0.142 e. The lowest BCUT2D eigenvalue weighted by atomic mass is 10.2. The van der Waals surface area contributed by atoms with Crippen LogP contribution in [0.4, 0.5) is 0 Å². The number of halogens is 1. The van der Waals surface area contributed by atoms with E-state index in [1.165, 1.54) is 12.8 Å². The van der Waals surface area contributed by atoms with E-state index in [2.05, 4.69) is 23.7 Å². The van der Waals surface area contributed by atoms with Gasteiger partial charge in [-0.1, -0.05) is 30.0 Å². The molecule has 0 unspecified atom stereocenters. The Labute approximate surface area is 132 Å². The van der Waals surface area contributed by atoms with E-state index in [0.717, 1.165) is 36.2 Å². The second-order valence-corrected chi connectivity index (χ2v) is 4.99. The molecule has 0 aromatic heterocycles. The van der Waals surface area contributed by atoms with E-state index in [9.17, 15) is 0 Å². The summed E-state index contributed by atoms with van der Waals surface area (Å²) in [6, 6.07) is 10.1. The minimum absolute atomic E-state index is 0. The van der Waals surface area contributed by atoms with Crippen LogP contribution in [0.15, 0.2) is 30.3 Å². The lowest BCUT2D eigenvalue weighted by Gasteiger charge is -2.29. The third kappa shape index (κ3) is 5.02. The van der Waals surface area contributed by atoms with Gasteiger partial charge in [-0.15, -0.1) is 0 Å². The van der Waals surface area contributed by atoms with Gasteiger partial charge in [-0.3, -0.25) is 0 Å². The van der Waals surface area contributed by atoms with Gasteiger partial charge < -0.3 is 26.6 Å². The van der Waals surface area contributed by atoms with E-state index in [-0.39, 0.29) is 23.6 Å². The molecule has 2 rings (SSSR count). The average molecular weight is 334 g/mol. The van der Waals surface area contributed by atoms with Gasteiger partial charge in [0, 0.05) is 18.4 Å². The molecule has 106 valence electrons. The Morgan fingerprint density at radius 3 is 2.25 bits per heavy atom. The zero-order chi connectivity index (χ0) is 13.4. The van der Waals surface area contributed by atoms with E-state index in [0.29, 0.717) is 0 Å². The Morgan fingerprint density at radius 2 is 1.60 bits per heavy atom. The molecule has 0 aliphatic carbocycles. The van der Waals surface area contributed by atoms with Crippen molar-refractivity contribution in [3.05, 3.63) is 35.9 Å². The summed E-state index contributed by atoms with van der Waals surface area (Å²) in [7, 11) is 0. The first-order chi connectivity index (χ1) is 9.35. The maximum absolute atomic E-state index is 8.74. The second-order valence-electron chi connectivity index (χ2n) is 4.99. The van der Waals surface area contributed by atoms with Crippen LogP contribution in [-0.4, -0.2) is 42.4 Å². The number of rotatable bonds is 2. The first kappa shape index (κ1) is 16.8. The largest absolute Gasteiger partial charge is 1.00 e. The fraction of sp³-hybridized carbons (Fsp3) is 0.412. The molecule has 0 saturated carbocycles. The van der Waals surface area contributed by atoms with Crippen LogP contribution < -0.4 is 17.0 Å². The molecule has 1 aliphatic heterocycles. The van der Waals surface area contributed by atoms with Gasteiger partial charge in [-0.05, 0) is 24.0 Å². The quantitative estimate of drug-likeness (QED) is 0.524. The highest BCUT2D eigenvalue weighted by atomic mass is 79.9. The van der Waals surface area contributed by atoms with Gasteiger partial charge in [0.15, 0.2) is 0 Å². The van der Waals surface area contributed by atoms with Gasteiger partial charge >= 0.3 is 0 Å². The normalized spacial score (nSPS) is 15.2. The van der Waals surface area contributed by atoms with E-state index in [1.807, 2.05) is 30.3 Å². The zero-order valence-corrected chi connectivity index (χ0v) is 13.2. The summed E-state index contributed by atoms with van der Waals surface area (Å²) in [6.45, 7) is 3.93. The van der Waals surface area contributed by atoms with E-state index >= 15 is 0 Å². The molecule has 2 nitrogen and oxygen atoms in total. The van der Waals surface area contributed by atoms with Gasteiger partial charge in [0.1, 0.15) is 19.7 Å². The van der Waals surface area contributed by atoms with Gasteiger partial charge in [-0.25, -0.2) is 0 Å². The van der Waals surface area contributed by atoms with E-state index in [4.69, 9.17) is 5.11 Å². The third-order valence-corrected chi connectivity index (χ3v) is 3.55. The first-order valence-corrected chi connectivity index (χ1v) is 6.80. The molecule has 1 aromatic carbocycles. The highest BCUT2D eigenvalue weighted by Gasteiger charge is 2.29. The Hall–Kier alpha value is -1.26. The average Bonchev–Trinajstić information content (AvgIpc) is 2.89. The van der Waals surface area contributed by atoms with Crippen molar-refractivity contribution in [2.45, 2.75) is 12.8 Å². The lowest BCUT2D eigenvalue weighted by Crippen LogP contribution is -3.00. The molecule has 0 spiro atoms. The number of benzene rings is 1. The van der Waals surface area contributed by atoms with Crippen LogP contribution in [0.1, 0.15) is 18.4 Å². The number of aliphatic hydroxyl groups excluding tert-OH is 1. The molecule has 20 heavy (non-hydrogen) atoms. The van der Waals surface area contributed by atoms with Gasteiger partial charge in [0.05, 0.1) is 13.1 Å². The minimum atomic E-state index is -0.0459. The molecule has 1 aromatic rings. The molecule has 0 bridgehead atoms. The highest BCUT2D eigenvalue weighted by molar-refractivity contribution is 5.33. The van der Waals surface area contributed by atoms with Gasteiger partial charge in [-0.2, -0.15) is 0 Å². The van der Waals surface area contributed by atoms with Crippen molar-refractivity contribution in [2.75, 3.05) is 32.8 Å². The maximum Gasteiger partial charge on any atom is 0.142 e. The third-order valence-electron chi connectivity index (χ3n) is 3.55. The van der Waals surface area contributed by atoms with E-state index in [1.54, 1.807) is 0 Å². The van der Waals surface area contributed by atoms with E-state index < -0.39 is 0 Å². The van der Waals surface area contributed by atoms with Crippen molar-refractivity contribution in [2.24, 2.45) is 0 Å². The number of likely N-dealkylation sites (tertiary alicyclic amines) is 1. The summed E-state index contributed by atoms with van der Waals surface area (Å²) in [4.78, 5) is 0. The van der Waals surface area contributed by atoms with Crippen molar-refractivity contribution in [3.63, 3.8) is 0 Å². The van der Waals surface area contributed by atoms with Crippen LogP contribution in [-0.2, 0) is 0 Å². The zero-order valence-electron chi connectivity index (χ0n) is 11.6. The highest BCUT2D eigenvalue weighted by Crippen LogP contribution is 2.18. The summed E-state index contributed by atoms with van der Waals surface area (Å²) >= 11 is 0. The van der Waals surface area contributed by atoms with Crippen LogP contribution in [0.25, 0.3) is 0 Å². The molecule has 1 saturated heterocycles. The van der Waals surface area contributed by atoms with Crippen LogP contribution >= 0.6 is 0 Å². The monoisotopic (exact) mass is 333 g/mol. The van der Waals surface area contributed by atoms with Crippen LogP contribution in [0.5, 0.6) is 0 Å². The van der Waals surface area contributed by atoms with Crippen LogP contribution in [0.3, 0.4) is 0 Å². The van der Waals surface area contributed by atoms with Crippen molar-refractivity contribution in [1.29, 1.82) is 0 Å². The van der Waals surface area contributed by atoms with Crippen molar-refractivity contribution in [1.82, 2.24) is 0 Å². The number of hydrogen-bond donors (Lipinski definition) is 1. The predicted molar refractivity (Wildman–Crippen MR) is 77.1 cm³/mol. The number of nitrogens with zero attached hydrogens (tertiary/aromatic N) is 1. The fourth-order valence-electron chi connectivity index (χ4n) is 2.49. The molecule has 1 aliphatic rings. The SMILES string of the molecule is OCC#CC[N+]1(CC#Cc2ccccc2)CCCC1.[Br-]. The second kappa shape index (κ2) is 8.82. The number of hydrogen-bond acceptors (Lipinski definition) is 1. The first-order valence-electron chi connectivity index (χ1n) is 6.80. The van der Waals surface area contributed by atoms with Gasteiger partial charge in [0.25, 0.3) is 0 Å². The van der Waals surface area contributed by atoms with Crippen molar-refractivity contribution >= 4 is 0 Å². The summed E-state index contributed by atoms with van der Waals surface area (Å²) in [5, 5.41) is 8.74. The molecule has 3 heteroatoms. The Balaban J connectivity index is 0.00000200. The standard InChI is InChI=1S/C17H20NO.BrH/c19-16-7-6-14-18(12-4-5-13-18)15-8-11-17-9-2-1-3-10-17;/h1-3,9-10,19H,4-5,12-16H2;1H/q+1;/p-1. The van der Waals surface area contributed by atoms with Crippen molar-refractivity contribution in [3.8, 4) is 23.7 Å². The summed E-state index contributed by atoms with van der Waals surface area (Å²) < 4.78 is 0.965. The number of quaternary nitrogens is 1. The summed E-state index contributed by atoms with van der Waals surface area (Å²) in [5.74, 6) is 12.3. The molecule has 1 heterocycles. The molecule has 1 N–H and O–H groups in total. The summed E-state index contributed by atoms with van der Waals surface area (Å²) in [5.41, 5.74) is 1.07. The molecule has 0 amide bonds. The van der Waals surface area contributed by atoms with Gasteiger partial charge in [0.2, 0.25) is 0 Å². The molecular formula is C17H20BrNO. The van der Waals surface area contributed by atoms with Crippen molar-refractivity contribution < 1.29 is 26.6 Å². The summed E-state index contributed by atoms with van der Waals surface area (Å²) in [6.07, 6.45) is 2.52.